The molecule has 0 saturated heterocycles. The molecule has 0 aliphatic heterocycles. The van der Waals surface area contributed by atoms with Gasteiger partial charge in [-0.15, -0.1) is 0 Å². The summed E-state index contributed by atoms with van der Waals surface area (Å²) in [6, 6.07) is 7.97. The van der Waals surface area contributed by atoms with Crippen LogP contribution in [0.3, 0.4) is 0 Å². The van der Waals surface area contributed by atoms with Crippen LogP contribution in [0.25, 0.3) is 0 Å². The molecule has 96 valence electrons. The van der Waals surface area contributed by atoms with Gasteiger partial charge in [0.1, 0.15) is 5.75 Å². The predicted octanol–water partition coefficient (Wildman–Crippen LogP) is 3.85. The molecule has 2 nitrogen and oxygen atoms in total. The first-order chi connectivity index (χ1) is 8.03. The van der Waals surface area contributed by atoms with Gasteiger partial charge >= 0.3 is 0 Å². The van der Waals surface area contributed by atoms with Crippen LogP contribution in [0.5, 0.6) is 5.75 Å². The molecule has 0 fully saturated rings. The van der Waals surface area contributed by atoms with E-state index in [2.05, 4.69) is 42.0 Å². The second kappa shape index (κ2) is 7.02. The van der Waals surface area contributed by atoms with Crippen molar-refractivity contribution in [2.75, 3.05) is 19.7 Å². The SMILES string of the molecule is CCNCC(C)(C)CCOc1ccc(Br)cc1. The maximum atomic E-state index is 5.73. The van der Waals surface area contributed by atoms with Crippen LogP contribution in [-0.2, 0) is 0 Å². The summed E-state index contributed by atoms with van der Waals surface area (Å²) in [6.45, 7) is 9.49. The Labute approximate surface area is 113 Å². The predicted molar refractivity (Wildman–Crippen MR) is 76.6 cm³/mol. The van der Waals surface area contributed by atoms with Gasteiger partial charge < -0.3 is 10.1 Å². The van der Waals surface area contributed by atoms with Gasteiger partial charge in [0.15, 0.2) is 0 Å². The lowest BCUT2D eigenvalue weighted by molar-refractivity contribution is 0.223. The number of ether oxygens (including phenoxy) is 1. The first kappa shape index (κ1) is 14.5. The van der Waals surface area contributed by atoms with Crippen molar-refractivity contribution >= 4 is 15.9 Å². The highest BCUT2D eigenvalue weighted by atomic mass is 79.9. The maximum absolute atomic E-state index is 5.73. The number of rotatable bonds is 7. The Kier molecular flexibility index (Phi) is 6.00. The van der Waals surface area contributed by atoms with Crippen molar-refractivity contribution in [2.45, 2.75) is 27.2 Å². The Morgan fingerprint density at radius 3 is 2.47 bits per heavy atom. The number of nitrogens with one attached hydrogen (secondary N) is 1. The van der Waals surface area contributed by atoms with Crippen LogP contribution in [-0.4, -0.2) is 19.7 Å². The molecule has 0 atom stereocenters. The van der Waals surface area contributed by atoms with Crippen molar-refractivity contribution < 1.29 is 4.74 Å². The summed E-state index contributed by atoms with van der Waals surface area (Å²) in [5, 5.41) is 3.38. The minimum atomic E-state index is 0.283. The Bertz CT molecular complexity index is 321. The molecule has 0 saturated carbocycles. The number of hydrogen-bond donors (Lipinski definition) is 1. The fourth-order valence-electron chi connectivity index (χ4n) is 1.53. The minimum absolute atomic E-state index is 0.283. The number of benzene rings is 1. The van der Waals surface area contributed by atoms with Gasteiger partial charge in [0, 0.05) is 11.0 Å². The fraction of sp³-hybridized carbons (Fsp3) is 0.571. The van der Waals surface area contributed by atoms with Gasteiger partial charge in [0.2, 0.25) is 0 Å². The van der Waals surface area contributed by atoms with E-state index in [0.717, 1.165) is 36.3 Å². The van der Waals surface area contributed by atoms with Crippen molar-refractivity contribution in [3.63, 3.8) is 0 Å². The van der Waals surface area contributed by atoms with Crippen molar-refractivity contribution in [2.24, 2.45) is 5.41 Å². The number of hydrogen-bond acceptors (Lipinski definition) is 2. The normalized spacial score (nSPS) is 11.5. The van der Waals surface area contributed by atoms with Crippen molar-refractivity contribution in [3.8, 4) is 5.75 Å². The molecule has 0 spiro atoms. The van der Waals surface area contributed by atoms with Gasteiger partial charge in [-0.3, -0.25) is 0 Å². The van der Waals surface area contributed by atoms with E-state index < -0.39 is 0 Å². The van der Waals surface area contributed by atoms with Crippen LogP contribution in [0, 0.1) is 5.41 Å². The highest BCUT2D eigenvalue weighted by Crippen LogP contribution is 2.21. The molecular formula is C14H22BrNO. The molecule has 0 heterocycles. The molecule has 0 unspecified atom stereocenters. The smallest absolute Gasteiger partial charge is 0.119 e. The Balaban J connectivity index is 2.29. The van der Waals surface area contributed by atoms with Crippen LogP contribution in [0.15, 0.2) is 28.7 Å². The third-order valence-corrected chi connectivity index (χ3v) is 3.24. The molecule has 0 aliphatic carbocycles. The Morgan fingerprint density at radius 1 is 1.24 bits per heavy atom. The van der Waals surface area contributed by atoms with Crippen LogP contribution in [0.1, 0.15) is 27.2 Å². The molecular weight excluding hydrogens is 278 g/mol. The van der Waals surface area contributed by atoms with Gasteiger partial charge in [-0.05, 0) is 42.6 Å². The molecule has 3 heteroatoms. The summed E-state index contributed by atoms with van der Waals surface area (Å²) < 4.78 is 6.81. The van der Waals surface area contributed by atoms with Crippen LogP contribution in [0.4, 0.5) is 0 Å². The average Bonchev–Trinajstić information content (AvgIpc) is 2.29. The highest BCUT2D eigenvalue weighted by molar-refractivity contribution is 9.10. The molecule has 1 aromatic carbocycles. The van der Waals surface area contributed by atoms with E-state index >= 15 is 0 Å². The number of halogens is 1. The van der Waals surface area contributed by atoms with Gasteiger partial charge in [-0.1, -0.05) is 36.7 Å². The fourth-order valence-corrected chi connectivity index (χ4v) is 1.79. The van der Waals surface area contributed by atoms with Crippen molar-refractivity contribution in [1.82, 2.24) is 5.32 Å². The Morgan fingerprint density at radius 2 is 1.88 bits per heavy atom. The molecule has 1 rings (SSSR count). The van der Waals surface area contributed by atoms with Crippen molar-refractivity contribution in [1.29, 1.82) is 0 Å². The minimum Gasteiger partial charge on any atom is -0.494 e. The molecule has 0 aliphatic rings. The van der Waals surface area contributed by atoms with Gasteiger partial charge in [0.05, 0.1) is 6.61 Å². The molecule has 0 amide bonds. The lowest BCUT2D eigenvalue weighted by Crippen LogP contribution is -2.30. The van der Waals surface area contributed by atoms with E-state index in [0.29, 0.717) is 0 Å². The van der Waals surface area contributed by atoms with E-state index in [1.807, 2.05) is 24.3 Å². The van der Waals surface area contributed by atoms with Crippen LogP contribution in [0.2, 0.25) is 0 Å². The summed E-state index contributed by atoms with van der Waals surface area (Å²) in [7, 11) is 0. The summed E-state index contributed by atoms with van der Waals surface area (Å²) in [5.74, 6) is 0.937. The molecule has 1 aromatic rings. The van der Waals surface area contributed by atoms with Gasteiger partial charge in [-0.2, -0.15) is 0 Å². The maximum Gasteiger partial charge on any atom is 0.119 e. The van der Waals surface area contributed by atoms with Gasteiger partial charge in [-0.25, -0.2) is 0 Å². The standard InChI is InChI=1S/C14H22BrNO/c1-4-16-11-14(2,3)9-10-17-13-7-5-12(15)6-8-13/h5-8,16H,4,9-11H2,1-3H3. The first-order valence-corrected chi connectivity index (χ1v) is 6.92. The van der Waals surface area contributed by atoms with Gasteiger partial charge in [0.25, 0.3) is 0 Å². The molecule has 1 N–H and O–H groups in total. The lowest BCUT2D eigenvalue weighted by Gasteiger charge is -2.24. The van der Waals surface area contributed by atoms with Crippen molar-refractivity contribution in [3.05, 3.63) is 28.7 Å². The van der Waals surface area contributed by atoms with E-state index in [9.17, 15) is 0 Å². The monoisotopic (exact) mass is 299 g/mol. The largest absolute Gasteiger partial charge is 0.494 e. The van der Waals surface area contributed by atoms with E-state index in [-0.39, 0.29) is 5.41 Å². The summed E-state index contributed by atoms with van der Waals surface area (Å²) in [6.07, 6.45) is 1.05. The zero-order valence-corrected chi connectivity index (χ0v) is 12.5. The zero-order chi connectivity index (χ0) is 12.7. The lowest BCUT2D eigenvalue weighted by atomic mass is 9.90. The summed E-state index contributed by atoms with van der Waals surface area (Å²) in [4.78, 5) is 0. The van der Waals surface area contributed by atoms with Crippen LogP contribution >= 0.6 is 15.9 Å². The Hall–Kier alpha value is -0.540. The van der Waals surface area contributed by atoms with E-state index in [4.69, 9.17) is 4.74 Å². The second-order valence-electron chi connectivity index (χ2n) is 5.00. The first-order valence-electron chi connectivity index (χ1n) is 6.12. The molecule has 17 heavy (non-hydrogen) atoms. The van der Waals surface area contributed by atoms with E-state index in [1.54, 1.807) is 0 Å². The van der Waals surface area contributed by atoms with E-state index in [1.165, 1.54) is 0 Å². The zero-order valence-electron chi connectivity index (χ0n) is 10.9. The quantitative estimate of drug-likeness (QED) is 0.826. The molecule has 0 bridgehead atoms. The van der Waals surface area contributed by atoms with Crippen LogP contribution < -0.4 is 10.1 Å². The highest BCUT2D eigenvalue weighted by Gasteiger charge is 2.16. The molecule has 0 radical (unpaired) electrons. The topological polar surface area (TPSA) is 21.3 Å². The average molecular weight is 300 g/mol. The summed E-state index contributed by atoms with van der Waals surface area (Å²) in [5.41, 5.74) is 0.283. The second-order valence-corrected chi connectivity index (χ2v) is 5.91. The molecule has 0 aromatic heterocycles. The third-order valence-electron chi connectivity index (χ3n) is 2.71. The summed E-state index contributed by atoms with van der Waals surface area (Å²) >= 11 is 3.41. The third kappa shape index (κ3) is 6.08.